The first kappa shape index (κ1) is 12.0. The SMILES string of the molecule is O=C1NC(=O)C2(CCC(c3ccc(O)cc3)CC2)N1. The van der Waals surface area contributed by atoms with E-state index < -0.39 is 5.54 Å². The Hall–Kier alpha value is -2.04. The van der Waals surface area contributed by atoms with Gasteiger partial charge in [-0.1, -0.05) is 12.1 Å². The summed E-state index contributed by atoms with van der Waals surface area (Å²) in [5, 5.41) is 14.4. The first-order chi connectivity index (χ1) is 9.09. The van der Waals surface area contributed by atoms with Crippen molar-refractivity contribution < 1.29 is 14.7 Å². The van der Waals surface area contributed by atoms with Crippen LogP contribution in [-0.2, 0) is 4.79 Å². The molecule has 5 nitrogen and oxygen atoms in total. The van der Waals surface area contributed by atoms with E-state index in [0.717, 1.165) is 12.8 Å². The fraction of sp³-hybridized carbons (Fsp3) is 0.429. The number of urea groups is 1. The standard InChI is InChI=1S/C14H16N2O3/c17-11-3-1-9(2-4-11)10-5-7-14(8-6-10)12(18)15-13(19)16-14/h1-4,10,17H,5-8H2,(H2,15,16,18,19). The van der Waals surface area contributed by atoms with Gasteiger partial charge in [0.25, 0.3) is 5.91 Å². The molecule has 3 amide bonds. The fourth-order valence-electron chi connectivity index (χ4n) is 3.07. The van der Waals surface area contributed by atoms with Crippen molar-refractivity contribution in [1.29, 1.82) is 0 Å². The second kappa shape index (κ2) is 4.26. The van der Waals surface area contributed by atoms with Crippen molar-refractivity contribution in [3.8, 4) is 5.75 Å². The van der Waals surface area contributed by atoms with Gasteiger partial charge in [0.15, 0.2) is 0 Å². The number of amides is 3. The van der Waals surface area contributed by atoms with Gasteiger partial charge in [-0.05, 0) is 49.3 Å². The highest BCUT2D eigenvalue weighted by molar-refractivity contribution is 6.07. The molecule has 1 aromatic rings. The second-order valence-corrected chi connectivity index (χ2v) is 5.36. The highest BCUT2D eigenvalue weighted by Gasteiger charge is 2.48. The van der Waals surface area contributed by atoms with Gasteiger partial charge < -0.3 is 10.4 Å². The van der Waals surface area contributed by atoms with E-state index in [2.05, 4.69) is 10.6 Å². The topological polar surface area (TPSA) is 78.4 Å². The third kappa shape index (κ3) is 2.05. The maximum absolute atomic E-state index is 11.8. The smallest absolute Gasteiger partial charge is 0.322 e. The first-order valence-electron chi connectivity index (χ1n) is 6.52. The van der Waals surface area contributed by atoms with Crippen molar-refractivity contribution in [3.63, 3.8) is 0 Å². The van der Waals surface area contributed by atoms with E-state index in [1.165, 1.54) is 5.56 Å². The first-order valence-corrected chi connectivity index (χ1v) is 6.52. The zero-order valence-electron chi connectivity index (χ0n) is 10.5. The van der Waals surface area contributed by atoms with E-state index >= 15 is 0 Å². The van der Waals surface area contributed by atoms with Crippen LogP contribution in [0, 0.1) is 0 Å². The van der Waals surface area contributed by atoms with Crippen LogP contribution in [0.2, 0.25) is 0 Å². The van der Waals surface area contributed by atoms with Gasteiger partial charge in [-0.15, -0.1) is 0 Å². The molecule has 1 aliphatic heterocycles. The maximum atomic E-state index is 11.8. The summed E-state index contributed by atoms with van der Waals surface area (Å²) in [6.45, 7) is 0. The summed E-state index contributed by atoms with van der Waals surface area (Å²) in [4.78, 5) is 23.1. The zero-order chi connectivity index (χ0) is 13.5. The van der Waals surface area contributed by atoms with Gasteiger partial charge >= 0.3 is 6.03 Å². The molecule has 5 heteroatoms. The number of benzene rings is 1. The van der Waals surface area contributed by atoms with Crippen LogP contribution < -0.4 is 10.6 Å². The lowest BCUT2D eigenvalue weighted by atomic mass is 9.74. The third-order valence-corrected chi connectivity index (χ3v) is 4.22. The Morgan fingerprint density at radius 2 is 1.74 bits per heavy atom. The third-order valence-electron chi connectivity index (χ3n) is 4.22. The summed E-state index contributed by atoms with van der Waals surface area (Å²) in [5.74, 6) is 0.455. The summed E-state index contributed by atoms with van der Waals surface area (Å²) in [7, 11) is 0. The monoisotopic (exact) mass is 260 g/mol. The van der Waals surface area contributed by atoms with Crippen LogP contribution in [-0.4, -0.2) is 22.6 Å². The summed E-state index contributed by atoms with van der Waals surface area (Å²) in [5.41, 5.74) is 0.488. The molecule has 1 aromatic carbocycles. The van der Waals surface area contributed by atoms with Crippen molar-refractivity contribution in [2.45, 2.75) is 37.1 Å². The van der Waals surface area contributed by atoms with Crippen LogP contribution >= 0.6 is 0 Å². The Morgan fingerprint density at radius 1 is 1.11 bits per heavy atom. The number of hydrogen-bond acceptors (Lipinski definition) is 3. The molecule has 1 aliphatic carbocycles. The minimum atomic E-state index is -0.690. The van der Waals surface area contributed by atoms with Crippen LogP contribution in [0.25, 0.3) is 0 Å². The maximum Gasteiger partial charge on any atom is 0.322 e. The lowest BCUT2D eigenvalue weighted by Crippen LogP contribution is -2.49. The van der Waals surface area contributed by atoms with Gasteiger partial charge in [-0.25, -0.2) is 4.79 Å². The molecule has 19 heavy (non-hydrogen) atoms. The van der Waals surface area contributed by atoms with Gasteiger partial charge in [0, 0.05) is 0 Å². The Bertz CT molecular complexity index is 516. The highest BCUT2D eigenvalue weighted by atomic mass is 16.3. The van der Waals surface area contributed by atoms with Crippen molar-refractivity contribution in [2.75, 3.05) is 0 Å². The zero-order valence-corrected chi connectivity index (χ0v) is 10.5. The summed E-state index contributed by atoms with van der Waals surface area (Å²) in [6.07, 6.45) is 3.04. The number of imide groups is 1. The average Bonchev–Trinajstić information content (AvgIpc) is 2.66. The number of carbonyl (C=O) groups excluding carboxylic acids is 2. The van der Waals surface area contributed by atoms with Crippen LogP contribution in [0.15, 0.2) is 24.3 Å². The molecule has 3 N–H and O–H groups in total. The number of rotatable bonds is 1. The quantitative estimate of drug-likeness (QED) is 0.671. The molecule has 2 fully saturated rings. The molecule has 1 saturated heterocycles. The molecule has 0 aromatic heterocycles. The number of phenols is 1. The lowest BCUT2D eigenvalue weighted by Gasteiger charge is -2.34. The van der Waals surface area contributed by atoms with Crippen LogP contribution in [0.5, 0.6) is 5.75 Å². The molecule has 100 valence electrons. The highest BCUT2D eigenvalue weighted by Crippen LogP contribution is 2.39. The van der Waals surface area contributed by atoms with Gasteiger partial charge in [0.05, 0.1) is 0 Å². The number of aromatic hydroxyl groups is 1. The Labute approximate surface area is 111 Å². The minimum absolute atomic E-state index is 0.193. The van der Waals surface area contributed by atoms with Crippen molar-refractivity contribution in [3.05, 3.63) is 29.8 Å². The Balaban J connectivity index is 1.71. The predicted octanol–water partition coefficient (Wildman–Crippen LogP) is 1.63. The van der Waals surface area contributed by atoms with Crippen LogP contribution in [0.3, 0.4) is 0 Å². The van der Waals surface area contributed by atoms with Crippen molar-refractivity contribution in [2.24, 2.45) is 0 Å². The molecular weight excluding hydrogens is 244 g/mol. The fourth-order valence-corrected chi connectivity index (χ4v) is 3.07. The van der Waals surface area contributed by atoms with Gasteiger partial charge in [0.1, 0.15) is 11.3 Å². The van der Waals surface area contributed by atoms with Gasteiger partial charge in [-0.3, -0.25) is 10.1 Å². The van der Waals surface area contributed by atoms with E-state index in [9.17, 15) is 14.7 Å². The largest absolute Gasteiger partial charge is 0.508 e. The molecule has 0 atom stereocenters. The van der Waals surface area contributed by atoms with E-state index in [1.54, 1.807) is 12.1 Å². The van der Waals surface area contributed by atoms with E-state index in [4.69, 9.17) is 0 Å². The molecule has 1 saturated carbocycles. The Morgan fingerprint density at radius 3 is 2.26 bits per heavy atom. The van der Waals surface area contributed by atoms with Crippen molar-refractivity contribution in [1.82, 2.24) is 10.6 Å². The molecule has 1 heterocycles. The van der Waals surface area contributed by atoms with Crippen LogP contribution in [0.1, 0.15) is 37.2 Å². The second-order valence-electron chi connectivity index (χ2n) is 5.36. The normalized spacial score (nSPS) is 30.2. The molecule has 0 unspecified atom stereocenters. The van der Waals surface area contributed by atoms with E-state index in [-0.39, 0.29) is 17.7 Å². The Kier molecular flexibility index (Phi) is 2.69. The van der Waals surface area contributed by atoms with Gasteiger partial charge in [0.2, 0.25) is 0 Å². The van der Waals surface area contributed by atoms with E-state index in [1.807, 2.05) is 12.1 Å². The molecule has 0 radical (unpaired) electrons. The van der Waals surface area contributed by atoms with Crippen molar-refractivity contribution >= 4 is 11.9 Å². The lowest BCUT2D eigenvalue weighted by molar-refractivity contribution is -0.125. The summed E-state index contributed by atoms with van der Waals surface area (Å²) >= 11 is 0. The average molecular weight is 260 g/mol. The minimum Gasteiger partial charge on any atom is -0.508 e. The molecular formula is C14H16N2O3. The molecule has 0 bridgehead atoms. The molecule has 3 rings (SSSR count). The number of hydrogen-bond donors (Lipinski definition) is 3. The number of carbonyl (C=O) groups is 2. The number of phenolic OH excluding ortho intramolecular Hbond substituents is 1. The molecule has 1 spiro atoms. The summed E-state index contributed by atoms with van der Waals surface area (Å²) in [6, 6.07) is 6.83. The number of nitrogens with one attached hydrogen (secondary N) is 2. The van der Waals surface area contributed by atoms with Gasteiger partial charge in [-0.2, -0.15) is 0 Å². The van der Waals surface area contributed by atoms with E-state index in [0.29, 0.717) is 18.8 Å². The van der Waals surface area contributed by atoms with Crippen LogP contribution in [0.4, 0.5) is 4.79 Å². The molecule has 2 aliphatic rings. The predicted molar refractivity (Wildman–Crippen MR) is 68.7 cm³/mol. The summed E-state index contributed by atoms with van der Waals surface area (Å²) < 4.78 is 0.